The zero-order valence-electron chi connectivity index (χ0n) is 8.76. The first-order valence-electron chi connectivity index (χ1n) is 4.93. The first kappa shape index (κ1) is 11.0. The molecular weight excluding hydrogens is 182 g/mol. The van der Waals surface area contributed by atoms with Crippen LogP contribution in [0, 0.1) is 5.41 Å². The van der Waals surface area contributed by atoms with Gasteiger partial charge in [-0.3, -0.25) is 9.59 Å². The zero-order valence-corrected chi connectivity index (χ0v) is 8.76. The van der Waals surface area contributed by atoms with Crippen LogP contribution >= 0.6 is 0 Å². The van der Waals surface area contributed by atoms with Crippen LogP contribution in [0.4, 0.5) is 0 Å². The summed E-state index contributed by atoms with van der Waals surface area (Å²) >= 11 is 0. The van der Waals surface area contributed by atoms with Crippen LogP contribution in [0.2, 0.25) is 0 Å². The fourth-order valence-electron chi connectivity index (χ4n) is 1.85. The number of carbonyl (C=O) groups is 2. The molecular formula is C10H17NO3. The SMILES string of the molecule is COC(=O)C1(CCNC(C)=O)CCC1. The largest absolute Gasteiger partial charge is 0.469 e. The third-order valence-electron chi connectivity index (χ3n) is 2.91. The lowest BCUT2D eigenvalue weighted by Crippen LogP contribution is -2.41. The molecule has 0 bridgehead atoms. The van der Waals surface area contributed by atoms with Crippen molar-refractivity contribution in [3.05, 3.63) is 0 Å². The Morgan fingerprint density at radius 1 is 1.43 bits per heavy atom. The molecule has 0 aromatic carbocycles. The Morgan fingerprint density at radius 3 is 2.43 bits per heavy atom. The molecule has 1 amide bonds. The number of rotatable bonds is 4. The summed E-state index contributed by atoms with van der Waals surface area (Å²) in [5.41, 5.74) is -0.308. The van der Waals surface area contributed by atoms with Gasteiger partial charge >= 0.3 is 5.97 Å². The predicted octanol–water partition coefficient (Wildman–Crippen LogP) is 0.856. The number of amides is 1. The molecule has 1 fully saturated rings. The summed E-state index contributed by atoms with van der Waals surface area (Å²) in [6, 6.07) is 0. The number of methoxy groups -OCH3 is 1. The number of esters is 1. The highest BCUT2D eigenvalue weighted by Gasteiger charge is 2.44. The number of hydrogen-bond donors (Lipinski definition) is 1. The van der Waals surface area contributed by atoms with Crippen LogP contribution in [0.1, 0.15) is 32.6 Å². The van der Waals surface area contributed by atoms with Gasteiger partial charge in [0.1, 0.15) is 0 Å². The van der Waals surface area contributed by atoms with Gasteiger partial charge in [0.05, 0.1) is 12.5 Å². The number of nitrogens with one attached hydrogen (secondary N) is 1. The van der Waals surface area contributed by atoms with E-state index in [-0.39, 0.29) is 17.3 Å². The van der Waals surface area contributed by atoms with E-state index in [9.17, 15) is 9.59 Å². The monoisotopic (exact) mass is 199 g/mol. The van der Waals surface area contributed by atoms with Crippen LogP contribution in [0.5, 0.6) is 0 Å². The molecule has 80 valence electrons. The van der Waals surface area contributed by atoms with Crippen molar-refractivity contribution < 1.29 is 14.3 Å². The van der Waals surface area contributed by atoms with Gasteiger partial charge in [0.15, 0.2) is 0 Å². The van der Waals surface area contributed by atoms with Gasteiger partial charge in [0.25, 0.3) is 0 Å². The number of ether oxygens (including phenoxy) is 1. The molecule has 4 nitrogen and oxygen atoms in total. The number of carbonyl (C=O) groups excluding carboxylic acids is 2. The average molecular weight is 199 g/mol. The highest BCUT2D eigenvalue weighted by Crippen LogP contribution is 2.44. The highest BCUT2D eigenvalue weighted by molar-refractivity contribution is 5.78. The summed E-state index contributed by atoms with van der Waals surface area (Å²) < 4.78 is 4.76. The van der Waals surface area contributed by atoms with Gasteiger partial charge < -0.3 is 10.1 Å². The Hall–Kier alpha value is -1.06. The summed E-state index contributed by atoms with van der Waals surface area (Å²) in [4.78, 5) is 22.1. The fraction of sp³-hybridized carbons (Fsp3) is 0.800. The smallest absolute Gasteiger partial charge is 0.311 e. The van der Waals surface area contributed by atoms with E-state index in [0.717, 1.165) is 19.3 Å². The normalized spacial score (nSPS) is 18.1. The fourth-order valence-corrected chi connectivity index (χ4v) is 1.85. The van der Waals surface area contributed by atoms with Gasteiger partial charge in [0, 0.05) is 13.5 Å². The minimum absolute atomic E-state index is 0.0515. The molecule has 0 aliphatic heterocycles. The number of hydrogen-bond acceptors (Lipinski definition) is 3. The molecule has 1 rings (SSSR count). The Balaban J connectivity index is 2.38. The molecule has 0 saturated heterocycles. The van der Waals surface area contributed by atoms with Gasteiger partial charge in [-0.25, -0.2) is 0 Å². The molecule has 0 aromatic rings. The molecule has 1 aliphatic carbocycles. The second-order valence-corrected chi connectivity index (χ2v) is 3.86. The third kappa shape index (κ3) is 2.25. The maximum Gasteiger partial charge on any atom is 0.311 e. The van der Waals surface area contributed by atoms with E-state index >= 15 is 0 Å². The molecule has 1 aliphatic rings. The molecule has 0 unspecified atom stereocenters. The van der Waals surface area contributed by atoms with E-state index in [1.165, 1.54) is 14.0 Å². The van der Waals surface area contributed by atoms with E-state index in [1.807, 2.05) is 0 Å². The molecule has 4 heteroatoms. The Labute approximate surface area is 84.0 Å². The molecule has 0 spiro atoms. The second kappa shape index (κ2) is 4.44. The van der Waals surface area contributed by atoms with E-state index in [2.05, 4.69) is 5.32 Å². The van der Waals surface area contributed by atoms with E-state index in [0.29, 0.717) is 13.0 Å². The zero-order chi connectivity index (χ0) is 10.6. The predicted molar refractivity (Wildman–Crippen MR) is 51.6 cm³/mol. The molecule has 1 saturated carbocycles. The lowest BCUT2D eigenvalue weighted by atomic mass is 9.66. The Morgan fingerprint density at radius 2 is 2.07 bits per heavy atom. The van der Waals surface area contributed by atoms with Gasteiger partial charge in [0.2, 0.25) is 5.91 Å². The molecule has 0 radical (unpaired) electrons. The summed E-state index contributed by atoms with van der Waals surface area (Å²) in [5, 5.41) is 2.70. The summed E-state index contributed by atoms with van der Waals surface area (Å²) in [6.07, 6.45) is 3.55. The summed E-state index contributed by atoms with van der Waals surface area (Å²) in [5.74, 6) is -0.182. The quantitative estimate of drug-likeness (QED) is 0.683. The van der Waals surface area contributed by atoms with Crippen molar-refractivity contribution in [1.82, 2.24) is 5.32 Å². The minimum Gasteiger partial charge on any atom is -0.469 e. The third-order valence-corrected chi connectivity index (χ3v) is 2.91. The van der Waals surface area contributed by atoms with Crippen LogP contribution in [0.3, 0.4) is 0 Å². The highest BCUT2D eigenvalue weighted by atomic mass is 16.5. The van der Waals surface area contributed by atoms with Crippen LogP contribution in [-0.2, 0) is 14.3 Å². The van der Waals surface area contributed by atoms with Crippen molar-refractivity contribution in [1.29, 1.82) is 0 Å². The second-order valence-electron chi connectivity index (χ2n) is 3.86. The van der Waals surface area contributed by atoms with Crippen molar-refractivity contribution in [3.63, 3.8) is 0 Å². The van der Waals surface area contributed by atoms with E-state index in [1.54, 1.807) is 0 Å². The topological polar surface area (TPSA) is 55.4 Å². The van der Waals surface area contributed by atoms with Crippen molar-refractivity contribution in [3.8, 4) is 0 Å². The molecule has 1 N–H and O–H groups in total. The van der Waals surface area contributed by atoms with Crippen molar-refractivity contribution in [2.45, 2.75) is 32.6 Å². The Kier molecular flexibility index (Phi) is 3.49. The van der Waals surface area contributed by atoms with Crippen LogP contribution in [0.15, 0.2) is 0 Å². The Bertz CT molecular complexity index is 234. The van der Waals surface area contributed by atoms with Gasteiger partial charge in [-0.05, 0) is 19.3 Å². The van der Waals surface area contributed by atoms with Gasteiger partial charge in [-0.2, -0.15) is 0 Å². The molecule has 0 aromatic heterocycles. The maximum absolute atomic E-state index is 11.5. The van der Waals surface area contributed by atoms with Crippen molar-refractivity contribution in [2.75, 3.05) is 13.7 Å². The van der Waals surface area contributed by atoms with E-state index < -0.39 is 0 Å². The lowest BCUT2D eigenvalue weighted by Gasteiger charge is -2.38. The maximum atomic E-state index is 11.5. The standard InChI is InChI=1S/C10H17NO3/c1-8(12)11-7-6-10(4-3-5-10)9(13)14-2/h3-7H2,1-2H3,(H,11,12). The van der Waals surface area contributed by atoms with Gasteiger partial charge in [-0.1, -0.05) is 6.42 Å². The summed E-state index contributed by atoms with van der Waals surface area (Å²) in [6.45, 7) is 2.04. The van der Waals surface area contributed by atoms with Crippen LogP contribution in [-0.4, -0.2) is 25.5 Å². The molecule has 0 atom stereocenters. The van der Waals surface area contributed by atoms with Crippen LogP contribution in [0.25, 0.3) is 0 Å². The first-order valence-corrected chi connectivity index (χ1v) is 4.93. The summed E-state index contributed by atoms with van der Waals surface area (Å²) in [7, 11) is 1.42. The van der Waals surface area contributed by atoms with Gasteiger partial charge in [-0.15, -0.1) is 0 Å². The van der Waals surface area contributed by atoms with Crippen LogP contribution < -0.4 is 5.32 Å². The minimum atomic E-state index is -0.308. The van der Waals surface area contributed by atoms with E-state index in [4.69, 9.17) is 4.74 Å². The molecule has 14 heavy (non-hydrogen) atoms. The molecule has 0 heterocycles. The first-order chi connectivity index (χ1) is 6.60. The average Bonchev–Trinajstić information content (AvgIpc) is 2.08. The van der Waals surface area contributed by atoms with Crippen molar-refractivity contribution in [2.24, 2.45) is 5.41 Å². The van der Waals surface area contributed by atoms with Crippen molar-refractivity contribution >= 4 is 11.9 Å². The lowest BCUT2D eigenvalue weighted by molar-refractivity contribution is -0.159.